The Hall–Kier alpha value is -3.17. The summed E-state index contributed by atoms with van der Waals surface area (Å²) in [6.45, 7) is 9.10. The molecule has 5 atom stereocenters. The summed E-state index contributed by atoms with van der Waals surface area (Å²) >= 11 is 0. The molecule has 43 heavy (non-hydrogen) atoms. The Bertz CT molecular complexity index is 1230. The van der Waals surface area contributed by atoms with E-state index in [1.165, 1.54) is 0 Å². The van der Waals surface area contributed by atoms with Crippen molar-refractivity contribution in [1.82, 2.24) is 4.90 Å². The largest absolute Gasteiger partial charge is 0.465 e. The van der Waals surface area contributed by atoms with Gasteiger partial charge in [0.05, 0.1) is 12.5 Å². The van der Waals surface area contributed by atoms with Gasteiger partial charge >= 0.3 is 5.97 Å². The van der Waals surface area contributed by atoms with E-state index < -0.39 is 35.0 Å². The van der Waals surface area contributed by atoms with Crippen molar-refractivity contribution >= 4 is 29.2 Å². The summed E-state index contributed by atoms with van der Waals surface area (Å²) in [6, 6.07) is 7.08. The molecule has 0 aromatic heterocycles. The van der Waals surface area contributed by atoms with Crippen LogP contribution >= 0.6 is 0 Å². The maximum atomic E-state index is 14.7. The summed E-state index contributed by atoms with van der Waals surface area (Å²) in [5, 5.41) is 9.22. The molecule has 9 heteroatoms. The topological polar surface area (TPSA) is 99.6 Å². The minimum absolute atomic E-state index is 0.131. The normalized spacial score (nSPS) is 31.0. The number of allylic oxidation sites excluding steroid dienone is 1. The lowest BCUT2D eigenvalue weighted by Gasteiger charge is -2.38. The molecule has 4 heterocycles. The third kappa shape index (κ3) is 5.50. The van der Waals surface area contributed by atoms with Crippen molar-refractivity contribution in [3.8, 4) is 0 Å². The van der Waals surface area contributed by atoms with Crippen LogP contribution in [0.1, 0.15) is 65.7 Å². The first-order valence-corrected chi connectivity index (χ1v) is 16.2. The number of carbonyl (C=O) groups is 3. The molecule has 0 aliphatic carbocycles. The average molecular weight is 594 g/mol. The van der Waals surface area contributed by atoms with Gasteiger partial charge in [-0.15, -0.1) is 0 Å². The van der Waals surface area contributed by atoms with Crippen LogP contribution in [0.25, 0.3) is 0 Å². The van der Waals surface area contributed by atoms with Gasteiger partial charge in [-0.05, 0) is 70.2 Å². The SMILES string of the molecule is CCN(CC)c1ccc(N2CC=C[C@]34O[C@@]5(CC)/C=C\CCCOC(=O)[C@H]5[C@H]3C(=O)N(CCCCCCO)C4C2=O)cc1. The zero-order chi connectivity index (χ0) is 30.6. The minimum atomic E-state index is -1.29. The number of benzene rings is 1. The van der Waals surface area contributed by atoms with Crippen LogP contribution in [0, 0.1) is 11.8 Å². The van der Waals surface area contributed by atoms with Gasteiger partial charge in [0.1, 0.15) is 23.2 Å². The highest BCUT2D eigenvalue weighted by Crippen LogP contribution is 2.58. The fourth-order valence-corrected chi connectivity index (χ4v) is 7.53. The molecule has 1 unspecified atom stereocenters. The van der Waals surface area contributed by atoms with Crippen LogP contribution in [0.15, 0.2) is 48.6 Å². The van der Waals surface area contributed by atoms with Crippen molar-refractivity contribution in [2.45, 2.75) is 83.0 Å². The third-order valence-corrected chi connectivity index (χ3v) is 9.73. The number of unbranched alkanes of at least 4 members (excludes halogenated alkanes) is 3. The van der Waals surface area contributed by atoms with Crippen LogP contribution in [0.3, 0.4) is 0 Å². The highest BCUT2D eigenvalue weighted by molar-refractivity contribution is 6.05. The molecule has 234 valence electrons. The number of hydrogen-bond acceptors (Lipinski definition) is 7. The first kappa shape index (κ1) is 31.3. The number of likely N-dealkylation sites (tertiary alicyclic amines) is 1. The zero-order valence-electron chi connectivity index (χ0n) is 25.9. The number of cyclic esters (lactones) is 1. The molecule has 2 fully saturated rings. The van der Waals surface area contributed by atoms with Gasteiger partial charge in [0.15, 0.2) is 0 Å². The van der Waals surface area contributed by atoms with Crippen LogP contribution in [0.5, 0.6) is 0 Å². The Morgan fingerprint density at radius 3 is 2.37 bits per heavy atom. The number of aliphatic hydroxyl groups excluding tert-OH is 1. The molecule has 0 radical (unpaired) electrons. The van der Waals surface area contributed by atoms with Crippen molar-refractivity contribution in [3.63, 3.8) is 0 Å². The summed E-state index contributed by atoms with van der Waals surface area (Å²) in [4.78, 5) is 48.5. The van der Waals surface area contributed by atoms with Gasteiger partial charge in [-0.25, -0.2) is 0 Å². The molecule has 2 amide bonds. The first-order chi connectivity index (χ1) is 20.9. The maximum absolute atomic E-state index is 14.7. The molecule has 0 bridgehead atoms. The average Bonchev–Trinajstić information content (AvgIpc) is 3.39. The smallest absolute Gasteiger partial charge is 0.313 e. The summed E-state index contributed by atoms with van der Waals surface area (Å²) in [7, 11) is 0. The predicted molar refractivity (Wildman–Crippen MR) is 166 cm³/mol. The van der Waals surface area contributed by atoms with E-state index >= 15 is 0 Å². The van der Waals surface area contributed by atoms with Crippen molar-refractivity contribution in [2.24, 2.45) is 11.8 Å². The molecular formula is C34H47N3O6. The quantitative estimate of drug-likeness (QED) is 0.233. The lowest BCUT2D eigenvalue weighted by Crippen LogP contribution is -2.56. The van der Waals surface area contributed by atoms with Crippen molar-refractivity contribution < 1.29 is 29.0 Å². The van der Waals surface area contributed by atoms with E-state index in [1.807, 2.05) is 55.5 Å². The Morgan fingerprint density at radius 2 is 1.67 bits per heavy atom. The third-order valence-electron chi connectivity index (χ3n) is 9.73. The van der Waals surface area contributed by atoms with E-state index in [0.717, 1.165) is 43.7 Å². The van der Waals surface area contributed by atoms with Crippen LogP contribution in [-0.4, -0.2) is 84.4 Å². The Morgan fingerprint density at radius 1 is 0.930 bits per heavy atom. The molecule has 4 aliphatic rings. The van der Waals surface area contributed by atoms with Crippen LogP contribution in [0.2, 0.25) is 0 Å². The second-order valence-corrected chi connectivity index (χ2v) is 12.0. The first-order valence-electron chi connectivity index (χ1n) is 16.2. The number of aliphatic hydroxyl groups is 1. The molecule has 0 saturated carbocycles. The molecule has 1 spiro atoms. The second kappa shape index (κ2) is 13.2. The van der Waals surface area contributed by atoms with Crippen molar-refractivity contribution in [3.05, 3.63) is 48.6 Å². The van der Waals surface area contributed by atoms with E-state index in [1.54, 1.807) is 9.80 Å². The molecule has 2 saturated heterocycles. The number of carbonyl (C=O) groups excluding carboxylic acids is 3. The molecular weight excluding hydrogens is 546 g/mol. The summed E-state index contributed by atoms with van der Waals surface area (Å²) in [5.41, 5.74) is -0.493. The van der Waals surface area contributed by atoms with E-state index in [-0.39, 0.29) is 25.0 Å². The van der Waals surface area contributed by atoms with E-state index in [4.69, 9.17) is 9.47 Å². The number of amides is 2. The molecule has 9 nitrogen and oxygen atoms in total. The zero-order valence-corrected chi connectivity index (χ0v) is 25.9. The highest BCUT2D eigenvalue weighted by atomic mass is 16.6. The van der Waals surface area contributed by atoms with Gasteiger partial charge in [-0.1, -0.05) is 44.1 Å². The lowest BCUT2D eigenvalue weighted by atomic mass is 9.73. The molecule has 1 aromatic carbocycles. The summed E-state index contributed by atoms with van der Waals surface area (Å²) < 4.78 is 12.7. The lowest BCUT2D eigenvalue weighted by molar-refractivity contribution is -0.159. The molecule has 4 aliphatic heterocycles. The Labute approximate surface area is 255 Å². The fraction of sp³-hybridized carbons (Fsp3) is 0.618. The Balaban J connectivity index is 1.55. The van der Waals surface area contributed by atoms with E-state index in [0.29, 0.717) is 38.8 Å². The Kier molecular flexibility index (Phi) is 9.61. The van der Waals surface area contributed by atoms with Crippen LogP contribution in [-0.2, 0) is 23.9 Å². The van der Waals surface area contributed by atoms with Crippen molar-refractivity contribution in [1.29, 1.82) is 0 Å². The standard InChI is InChI=1S/C34H47N3O6/c1-4-33-19-10-9-13-24-42-32(41)28(33)27-30(39)37(21-11-7-8-12-23-38)29-31(40)36(22-14-20-34(27,29)43-33)26-17-15-25(16-18-26)35(5-2)6-3/h10,14-20,27-29,38H,4-9,11-13,21-24H2,1-3H3/b19-10-/t27-,28+,29?,33-,34-/m0/s1. The van der Waals surface area contributed by atoms with Gasteiger partial charge in [0, 0.05) is 44.2 Å². The van der Waals surface area contributed by atoms with Gasteiger partial charge in [-0.3, -0.25) is 14.4 Å². The number of ether oxygens (including phenoxy) is 2. The van der Waals surface area contributed by atoms with Gasteiger partial charge in [0.25, 0.3) is 5.91 Å². The molecule has 1 aromatic rings. The maximum Gasteiger partial charge on any atom is 0.313 e. The number of anilines is 2. The van der Waals surface area contributed by atoms with Gasteiger partial charge in [-0.2, -0.15) is 0 Å². The monoisotopic (exact) mass is 593 g/mol. The summed E-state index contributed by atoms with van der Waals surface area (Å²) in [5.74, 6) is -2.58. The second-order valence-electron chi connectivity index (χ2n) is 12.0. The van der Waals surface area contributed by atoms with E-state index in [9.17, 15) is 19.5 Å². The minimum Gasteiger partial charge on any atom is -0.465 e. The highest BCUT2D eigenvalue weighted by Gasteiger charge is 2.75. The number of hydrogen-bond donors (Lipinski definition) is 1. The number of esters is 1. The number of nitrogens with zero attached hydrogens (tertiary/aromatic N) is 3. The van der Waals surface area contributed by atoms with Crippen molar-refractivity contribution in [2.75, 3.05) is 49.2 Å². The van der Waals surface area contributed by atoms with Crippen LogP contribution < -0.4 is 9.80 Å². The van der Waals surface area contributed by atoms with E-state index in [2.05, 4.69) is 18.7 Å². The fourth-order valence-electron chi connectivity index (χ4n) is 7.53. The predicted octanol–water partition coefficient (Wildman–Crippen LogP) is 4.24. The molecule has 1 N–H and O–H groups in total. The molecule has 5 rings (SSSR count). The van der Waals surface area contributed by atoms with Crippen LogP contribution in [0.4, 0.5) is 11.4 Å². The summed E-state index contributed by atoms with van der Waals surface area (Å²) in [6.07, 6.45) is 12.8. The number of fused-ring (bicyclic) bond motifs is 2. The van der Waals surface area contributed by atoms with Gasteiger partial charge in [0.2, 0.25) is 5.91 Å². The number of rotatable bonds is 11. The van der Waals surface area contributed by atoms with Gasteiger partial charge < -0.3 is 29.3 Å².